The average Bonchev–Trinajstić information content (AvgIpc) is 3.86. The number of nitrogens with two attached hydrogens (primary N) is 5. The SMILES string of the molecule is CC(C)C[C@H](NC(=O)[C@H](CCN)NC(=O)[C@H](CCN)NC(=O)[C@@H](Cc1ccccc1)NC(=O)[C@H](CC(C)C)NC(=O)[C@H](CCN)NC(=O)[C@H](CCN)NC(=O)[C@@H](CCN)NC(=O)C=Cc1ccco1)C(=O)O. The number of amides is 8. The number of carbonyl (C=O) groups is 9. The van der Waals surface area contributed by atoms with Crippen LogP contribution in [0.1, 0.15) is 84.0 Å². The van der Waals surface area contributed by atoms with Crippen LogP contribution in [0.5, 0.6) is 0 Å². The Labute approximate surface area is 420 Å². The van der Waals surface area contributed by atoms with Gasteiger partial charge in [0, 0.05) is 12.5 Å². The van der Waals surface area contributed by atoms with Crippen LogP contribution in [0.25, 0.3) is 6.08 Å². The lowest BCUT2D eigenvalue weighted by Crippen LogP contribution is -2.61. The number of carbonyl (C=O) groups excluding carboxylic acids is 8. The molecular weight excluding hydrogens is 935 g/mol. The van der Waals surface area contributed by atoms with Gasteiger partial charge < -0.3 is 80.7 Å². The maximum Gasteiger partial charge on any atom is 0.326 e. The second kappa shape index (κ2) is 33.0. The molecule has 24 nitrogen and oxygen atoms in total. The van der Waals surface area contributed by atoms with Gasteiger partial charge in [0.05, 0.1) is 6.26 Å². The fourth-order valence-corrected chi connectivity index (χ4v) is 7.30. The third-order valence-electron chi connectivity index (χ3n) is 11.0. The van der Waals surface area contributed by atoms with Gasteiger partial charge in [0.1, 0.15) is 54.1 Å². The van der Waals surface area contributed by atoms with Crippen LogP contribution < -0.4 is 71.2 Å². The molecule has 0 aliphatic carbocycles. The van der Waals surface area contributed by atoms with Crippen molar-refractivity contribution in [2.45, 2.75) is 127 Å². The summed E-state index contributed by atoms with van der Waals surface area (Å²) in [6, 6.07) is 1.76. The van der Waals surface area contributed by atoms with Gasteiger partial charge in [0.25, 0.3) is 0 Å². The van der Waals surface area contributed by atoms with Crippen LogP contribution in [0.15, 0.2) is 59.2 Å². The summed E-state index contributed by atoms with van der Waals surface area (Å²) in [6.45, 7) is 6.92. The number of rotatable bonds is 34. The minimum Gasteiger partial charge on any atom is -0.480 e. The van der Waals surface area contributed by atoms with Gasteiger partial charge >= 0.3 is 5.97 Å². The van der Waals surface area contributed by atoms with Crippen molar-refractivity contribution in [2.24, 2.45) is 40.5 Å². The Hall–Kier alpha value is -6.73. The molecule has 400 valence electrons. The van der Waals surface area contributed by atoms with E-state index >= 15 is 0 Å². The summed E-state index contributed by atoms with van der Waals surface area (Å²) < 4.78 is 5.18. The Morgan fingerprint density at radius 1 is 0.472 bits per heavy atom. The fraction of sp³-hybridized carbons (Fsp3) is 0.562. The predicted octanol–water partition coefficient (Wildman–Crippen LogP) is -2.67. The van der Waals surface area contributed by atoms with Gasteiger partial charge in [-0.25, -0.2) is 4.79 Å². The molecule has 8 amide bonds. The number of aliphatic carboxylic acids is 1. The minimum atomic E-state index is -1.34. The molecule has 0 aliphatic rings. The topological polar surface area (TPSA) is 413 Å². The number of hydrogen-bond donors (Lipinski definition) is 14. The maximum atomic E-state index is 14.2. The lowest BCUT2D eigenvalue weighted by molar-refractivity contribution is -0.143. The zero-order valence-corrected chi connectivity index (χ0v) is 41.7. The van der Waals surface area contributed by atoms with Crippen molar-refractivity contribution in [2.75, 3.05) is 32.7 Å². The number of carboxylic acids is 1. The Morgan fingerprint density at radius 3 is 1.19 bits per heavy atom. The highest BCUT2D eigenvalue weighted by molar-refractivity contribution is 5.99. The van der Waals surface area contributed by atoms with Gasteiger partial charge in [-0.3, -0.25) is 38.4 Å². The van der Waals surface area contributed by atoms with Crippen LogP contribution in [0.3, 0.4) is 0 Å². The summed E-state index contributed by atoms with van der Waals surface area (Å²) in [6.07, 6.45) is 3.82. The van der Waals surface area contributed by atoms with Crippen molar-refractivity contribution >= 4 is 59.3 Å². The molecule has 0 unspecified atom stereocenters. The van der Waals surface area contributed by atoms with Crippen LogP contribution in [-0.4, -0.2) is 139 Å². The van der Waals surface area contributed by atoms with Gasteiger partial charge in [-0.15, -0.1) is 0 Å². The van der Waals surface area contributed by atoms with E-state index in [0.29, 0.717) is 11.3 Å². The van der Waals surface area contributed by atoms with Crippen molar-refractivity contribution < 1.29 is 52.7 Å². The van der Waals surface area contributed by atoms with Crippen molar-refractivity contribution in [1.82, 2.24) is 42.5 Å². The van der Waals surface area contributed by atoms with E-state index in [1.54, 1.807) is 70.2 Å². The van der Waals surface area contributed by atoms with E-state index in [1.165, 1.54) is 18.4 Å². The first-order valence-electron chi connectivity index (χ1n) is 24.2. The van der Waals surface area contributed by atoms with Crippen molar-refractivity contribution in [3.63, 3.8) is 0 Å². The molecule has 2 aromatic rings. The van der Waals surface area contributed by atoms with Gasteiger partial charge in [0.15, 0.2) is 0 Å². The third kappa shape index (κ3) is 22.6. The quantitative estimate of drug-likeness (QED) is 0.0318. The number of hydrogen-bond acceptors (Lipinski definition) is 15. The van der Waals surface area contributed by atoms with E-state index < -0.39 is 102 Å². The van der Waals surface area contributed by atoms with E-state index in [9.17, 15) is 48.3 Å². The van der Waals surface area contributed by atoms with Crippen LogP contribution in [0.4, 0.5) is 0 Å². The zero-order valence-electron chi connectivity index (χ0n) is 41.7. The summed E-state index contributed by atoms with van der Waals surface area (Å²) in [7, 11) is 0. The summed E-state index contributed by atoms with van der Waals surface area (Å²) in [4.78, 5) is 121. The molecule has 1 heterocycles. The lowest BCUT2D eigenvalue weighted by Gasteiger charge is -2.28. The first-order chi connectivity index (χ1) is 34.3. The Balaban J connectivity index is 2.33. The van der Waals surface area contributed by atoms with Gasteiger partial charge in [-0.2, -0.15) is 0 Å². The number of benzene rings is 1. The smallest absolute Gasteiger partial charge is 0.326 e. The van der Waals surface area contributed by atoms with E-state index in [2.05, 4.69) is 42.5 Å². The van der Waals surface area contributed by atoms with Crippen LogP contribution in [-0.2, 0) is 49.6 Å². The molecule has 0 fully saturated rings. The summed E-state index contributed by atoms with van der Waals surface area (Å²) in [5, 5.41) is 30.5. The lowest BCUT2D eigenvalue weighted by atomic mass is 10.00. The van der Waals surface area contributed by atoms with E-state index in [4.69, 9.17) is 33.1 Å². The predicted molar refractivity (Wildman–Crippen MR) is 268 cm³/mol. The number of furan rings is 1. The van der Waals surface area contributed by atoms with Gasteiger partial charge in [-0.1, -0.05) is 58.0 Å². The zero-order chi connectivity index (χ0) is 53.8. The first-order valence-corrected chi connectivity index (χ1v) is 24.2. The molecule has 8 atom stereocenters. The minimum absolute atomic E-state index is 0.0107. The fourth-order valence-electron chi connectivity index (χ4n) is 7.30. The molecule has 0 bridgehead atoms. The van der Waals surface area contributed by atoms with Crippen LogP contribution >= 0.6 is 0 Å². The summed E-state index contributed by atoms with van der Waals surface area (Å²) in [5.41, 5.74) is 29.6. The van der Waals surface area contributed by atoms with Crippen LogP contribution in [0, 0.1) is 11.8 Å². The van der Waals surface area contributed by atoms with Crippen molar-refractivity contribution in [3.05, 3.63) is 66.1 Å². The number of carboxylic acid groups (broad SMARTS) is 1. The highest BCUT2D eigenvalue weighted by Crippen LogP contribution is 2.11. The Morgan fingerprint density at radius 2 is 0.819 bits per heavy atom. The highest BCUT2D eigenvalue weighted by Gasteiger charge is 2.35. The van der Waals surface area contributed by atoms with Gasteiger partial charge in [0.2, 0.25) is 47.3 Å². The largest absolute Gasteiger partial charge is 0.480 e. The maximum absolute atomic E-state index is 14.2. The van der Waals surface area contributed by atoms with Crippen molar-refractivity contribution in [1.29, 1.82) is 0 Å². The molecule has 72 heavy (non-hydrogen) atoms. The molecule has 0 saturated heterocycles. The van der Waals surface area contributed by atoms with Crippen LogP contribution in [0.2, 0.25) is 0 Å². The number of nitrogens with one attached hydrogen (secondary N) is 8. The first kappa shape index (κ1) is 61.4. The standard InChI is InChI=1S/C48H77N13O11/c1-28(2)25-37(59-44(66)35(17-22-52)56-42(64)33(15-20-50)55-41(63)32(14-19-49)54-40(62)13-12-31-11-8-24-72-31)46(68)60-38(27-30-9-6-5-7-10-30)47(69)58-34(16-21-51)43(65)57-36(18-23-53)45(67)61-39(48(70)71)26-29(3)4/h5-13,24,28-29,32-39H,14-23,25-27,49-53H2,1-4H3,(H,54,62)(H,55,63)(H,56,64)(H,57,65)(H,58,69)(H,59,66)(H,60,68)(H,61,67)(H,70,71)/t32-,33+,34+,35+,36+,37+,38-,39+/m1/s1. The summed E-state index contributed by atoms with van der Waals surface area (Å²) in [5.74, 6) is -7.27. The normalized spacial score (nSPS) is 14.7. The molecule has 0 spiro atoms. The molecule has 1 aromatic heterocycles. The van der Waals surface area contributed by atoms with Gasteiger partial charge in [-0.05, 0) is 113 Å². The Bertz CT molecular complexity index is 2070. The second-order valence-electron chi connectivity index (χ2n) is 18.0. The Kier molecular flexibility index (Phi) is 28.2. The van der Waals surface area contributed by atoms with E-state index in [0.717, 1.165) is 0 Å². The summed E-state index contributed by atoms with van der Waals surface area (Å²) >= 11 is 0. The van der Waals surface area contributed by atoms with E-state index in [-0.39, 0.29) is 95.9 Å². The molecule has 1 aromatic carbocycles. The second-order valence-corrected chi connectivity index (χ2v) is 18.0. The molecule has 0 saturated carbocycles. The highest BCUT2D eigenvalue weighted by atomic mass is 16.4. The third-order valence-corrected chi connectivity index (χ3v) is 11.0. The average molecular weight is 1010 g/mol. The van der Waals surface area contributed by atoms with E-state index in [1.807, 2.05) is 0 Å². The molecule has 0 radical (unpaired) electrons. The molecular formula is C48H77N13O11. The molecule has 0 aliphatic heterocycles. The molecule has 2 rings (SSSR count). The molecule has 24 heteroatoms. The monoisotopic (exact) mass is 1010 g/mol. The molecule has 19 N–H and O–H groups in total. The van der Waals surface area contributed by atoms with Crippen molar-refractivity contribution in [3.8, 4) is 0 Å².